The van der Waals surface area contributed by atoms with Crippen LogP contribution in [0.25, 0.3) is 0 Å². The van der Waals surface area contributed by atoms with Crippen molar-refractivity contribution in [1.29, 1.82) is 0 Å². The smallest absolute Gasteiger partial charge is 0.136 e. The highest BCUT2D eigenvalue weighted by atomic mass is 32.2. The lowest BCUT2D eigenvalue weighted by molar-refractivity contribution is 0.597. The van der Waals surface area contributed by atoms with Gasteiger partial charge in [-0.15, -0.1) is 0 Å². The molecule has 0 spiro atoms. The molecule has 26 heavy (non-hydrogen) atoms. The average molecular weight is 394 g/mol. The molecule has 0 amide bonds. The second-order valence-corrected chi connectivity index (χ2v) is 9.13. The Labute approximate surface area is 171 Å². The zero-order chi connectivity index (χ0) is 19.0. The summed E-state index contributed by atoms with van der Waals surface area (Å²) in [6.07, 6.45) is 18.5. The Balaban J connectivity index is 2.58. The number of thioether (sulfide) groups is 1. The molecule has 2 N–H and O–H groups in total. The topological polar surface area (TPSA) is 26.0 Å². The van der Waals surface area contributed by atoms with E-state index in [9.17, 15) is 0 Å². The van der Waals surface area contributed by atoms with Gasteiger partial charge in [-0.2, -0.15) is 0 Å². The fourth-order valence-electron chi connectivity index (χ4n) is 3.51. The molecule has 0 saturated carbocycles. The molecule has 0 aliphatic heterocycles. The van der Waals surface area contributed by atoms with Crippen LogP contribution in [0.2, 0.25) is 0 Å². The van der Waals surface area contributed by atoms with Gasteiger partial charge < -0.3 is 5.73 Å². The number of hydrogen-bond acceptors (Lipinski definition) is 2. The second kappa shape index (κ2) is 15.5. The summed E-state index contributed by atoms with van der Waals surface area (Å²) in [6.45, 7) is 4.55. The number of unbranched alkanes of at least 4 members (excludes halogenated alkanes) is 10. The number of thiocarbonyl (C=S) groups is 1. The van der Waals surface area contributed by atoms with Gasteiger partial charge in [0.05, 0.1) is 0 Å². The Morgan fingerprint density at radius 1 is 0.808 bits per heavy atom. The quantitative estimate of drug-likeness (QED) is 0.187. The molecule has 0 saturated heterocycles. The molecule has 0 aliphatic rings. The minimum absolute atomic E-state index is 0.533. The van der Waals surface area contributed by atoms with E-state index in [0.29, 0.717) is 4.32 Å². The first kappa shape index (κ1) is 23.5. The average Bonchev–Trinajstić information content (AvgIpc) is 2.62. The number of hydrogen-bond donors (Lipinski definition) is 1. The van der Waals surface area contributed by atoms with Crippen LogP contribution in [-0.4, -0.2) is 4.32 Å². The van der Waals surface area contributed by atoms with E-state index in [0.717, 1.165) is 0 Å². The zero-order valence-corrected chi connectivity index (χ0v) is 18.7. The van der Waals surface area contributed by atoms with E-state index < -0.39 is 0 Å². The third kappa shape index (κ3) is 10.6. The van der Waals surface area contributed by atoms with Crippen molar-refractivity contribution in [2.24, 2.45) is 5.73 Å². The van der Waals surface area contributed by atoms with Crippen LogP contribution in [0.5, 0.6) is 0 Å². The maximum atomic E-state index is 5.82. The van der Waals surface area contributed by atoms with Crippen molar-refractivity contribution in [2.75, 3.05) is 0 Å². The van der Waals surface area contributed by atoms with Gasteiger partial charge in [0.1, 0.15) is 4.32 Å². The first-order valence-corrected chi connectivity index (χ1v) is 12.0. The monoisotopic (exact) mass is 393 g/mol. The van der Waals surface area contributed by atoms with E-state index in [2.05, 4.69) is 32.0 Å². The first-order valence-electron chi connectivity index (χ1n) is 10.8. The molecule has 0 radical (unpaired) electrons. The molecule has 0 unspecified atom stereocenters. The van der Waals surface area contributed by atoms with Gasteiger partial charge in [-0.3, -0.25) is 0 Å². The third-order valence-electron chi connectivity index (χ3n) is 5.02. The van der Waals surface area contributed by atoms with Crippen molar-refractivity contribution < 1.29 is 0 Å². The van der Waals surface area contributed by atoms with Gasteiger partial charge in [-0.25, -0.2) is 0 Å². The Morgan fingerprint density at radius 3 is 1.92 bits per heavy atom. The minimum Gasteiger partial charge on any atom is -0.384 e. The molecule has 0 aliphatic carbocycles. The molecule has 3 heteroatoms. The number of benzene rings is 1. The molecule has 0 fully saturated rings. The molecular formula is C23H39NS2. The zero-order valence-electron chi connectivity index (χ0n) is 17.0. The Kier molecular flexibility index (Phi) is 14.0. The Hall–Kier alpha value is -0.540. The van der Waals surface area contributed by atoms with Crippen LogP contribution >= 0.6 is 24.0 Å². The summed E-state index contributed by atoms with van der Waals surface area (Å²) < 4.78 is 0.533. The normalized spacial score (nSPS) is 11.0. The van der Waals surface area contributed by atoms with Gasteiger partial charge in [0.25, 0.3) is 0 Å². The maximum Gasteiger partial charge on any atom is 0.136 e. The van der Waals surface area contributed by atoms with Gasteiger partial charge in [0.2, 0.25) is 0 Å². The molecule has 1 aromatic carbocycles. The van der Waals surface area contributed by atoms with E-state index in [1.54, 1.807) is 11.8 Å². The molecule has 1 nitrogen and oxygen atoms in total. The van der Waals surface area contributed by atoms with Gasteiger partial charge in [0.15, 0.2) is 0 Å². The summed E-state index contributed by atoms with van der Waals surface area (Å²) in [4.78, 5) is 1.29. The summed E-state index contributed by atoms with van der Waals surface area (Å²) in [6, 6.07) is 6.70. The highest BCUT2D eigenvalue weighted by Gasteiger charge is 2.10. The van der Waals surface area contributed by atoms with Crippen molar-refractivity contribution in [3.8, 4) is 0 Å². The van der Waals surface area contributed by atoms with E-state index in [1.165, 1.54) is 106 Å². The lowest BCUT2D eigenvalue weighted by Gasteiger charge is -2.14. The molecule has 0 bridgehead atoms. The SMILES string of the molecule is CCCCCCCCc1cccc(SC(N)=S)c1CCCCCCCC. The number of rotatable bonds is 15. The maximum absolute atomic E-state index is 5.82. The van der Waals surface area contributed by atoms with Gasteiger partial charge >= 0.3 is 0 Å². The highest BCUT2D eigenvalue weighted by molar-refractivity contribution is 8.23. The number of aryl methyl sites for hydroxylation is 1. The summed E-state index contributed by atoms with van der Waals surface area (Å²) in [5.74, 6) is 0. The summed E-state index contributed by atoms with van der Waals surface area (Å²) in [7, 11) is 0. The molecule has 0 heterocycles. The summed E-state index contributed by atoms with van der Waals surface area (Å²) in [5.41, 5.74) is 8.85. The van der Waals surface area contributed by atoms with Crippen molar-refractivity contribution in [2.45, 2.75) is 109 Å². The van der Waals surface area contributed by atoms with Gasteiger partial charge in [-0.1, -0.05) is 114 Å². The molecule has 1 aromatic rings. The first-order chi connectivity index (χ1) is 12.7. The van der Waals surface area contributed by atoms with Crippen molar-refractivity contribution in [3.63, 3.8) is 0 Å². The van der Waals surface area contributed by atoms with Crippen molar-refractivity contribution in [3.05, 3.63) is 29.3 Å². The number of nitrogens with two attached hydrogens (primary N) is 1. The predicted molar refractivity (Wildman–Crippen MR) is 123 cm³/mol. The highest BCUT2D eigenvalue weighted by Crippen LogP contribution is 2.29. The van der Waals surface area contributed by atoms with Crippen LogP contribution in [-0.2, 0) is 12.8 Å². The molecule has 1 rings (SSSR count). The van der Waals surface area contributed by atoms with Crippen molar-refractivity contribution >= 4 is 28.3 Å². The van der Waals surface area contributed by atoms with Crippen LogP contribution < -0.4 is 5.73 Å². The summed E-state index contributed by atoms with van der Waals surface area (Å²) in [5, 5.41) is 0. The fourth-order valence-corrected chi connectivity index (χ4v) is 4.50. The summed E-state index contributed by atoms with van der Waals surface area (Å²) >= 11 is 6.72. The van der Waals surface area contributed by atoms with Crippen LogP contribution in [0.1, 0.15) is 102 Å². The minimum atomic E-state index is 0.533. The lowest BCUT2D eigenvalue weighted by Crippen LogP contribution is -2.04. The van der Waals surface area contributed by atoms with Crippen LogP contribution in [0.4, 0.5) is 0 Å². The van der Waals surface area contributed by atoms with Gasteiger partial charge in [-0.05, 0) is 42.9 Å². The predicted octanol–water partition coefficient (Wildman–Crippen LogP) is 7.83. The van der Waals surface area contributed by atoms with E-state index in [1.807, 2.05) is 0 Å². The van der Waals surface area contributed by atoms with E-state index in [4.69, 9.17) is 18.0 Å². The molecule has 0 aromatic heterocycles. The van der Waals surface area contributed by atoms with Gasteiger partial charge in [0, 0.05) is 4.90 Å². The van der Waals surface area contributed by atoms with Crippen LogP contribution in [0, 0.1) is 0 Å². The molecular weight excluding hydrogens is 354 g/mol. The largest absolute Gasteiger partial charge is 0.384 e. The lowest BCUT2D eigenvalue weighted by atomic mass is 9.96. The second-order valence-electron chi connectivity index (χ2n) is 7.35. The Morgan fingerprint density at radius 2 is 1.35 bits per heavy atom. The van der Waals surface area contributed by atoms with E-state index in [-0.39, 0.29) is 0 Å². The molecule has 148 valence electrons. The third-order valence-corrected chi connectivity index (χ3v) is 6.07. The Bertz CT molecular complexity index is 499. The van der Waals surface area contributed by atoms with Crippen molar-refractivity contribution in [1.82, 2.24) is 0 Å². The standard InChI is InChI=1S/C23H39NS2/c1-3-5-7-9-11-13-16-20-17-15-19-22(26-23(24)25)21(20)18-14-12-10-8-6-4-2/h15,17,19H,3-14,16,18H2,1-2H3,(H2,24,25). The fraction of sp³-hybridized carbons (Fsp3) is 0.696. The molecule has 0 atom stereocenters. The van der Waals surface area contributed by atoms with Crippen LogP contribution in [0.15, 0.2) is 23.1 Å². The van der Waals surface area contributed by atoms with Crippen LogP contribution in [0.3, 0.4) is 0 Å². The van der Waals surface area contributed by atoms with E-state index >= 15 is 0 Å².